The fourth-order valence-corrected chi connectivity index (χ4v) is 3.91. The lowest BCUT2D eigenvalue weighted by molar-refractivity contribution is -0.137. The van der Waals surface area contributed by atoms with Crippen molar-refractivity contribution >= 4 is 34.9 Å². The first-order valence-corrected chi connectivity index (χ1v) is 11.0. The lowest BCUT2D eigenvalue weighted by Crippen LogP contribution is -2.54. The van der Waals surface area contributed by atoms with E-state index in [-0.39, 0.29) is 24.4 Å². The van der Waals surface area contributed by atoms with Crippen LogP contribution in [0.5, 0.6) is 0 Å². The summed E-state index contributed by atoms with van der Waals surface area (Å²) in [6.07, 6.45) is 2.48. The van der Waals surface area contributed by atoms with Crippen molar-refractivity contribution in [3.8, 4) is 0 Å². The molecule has 2 aromatic rings. The quantitative estimate of drug-likeness (QED) is 0.712. The van der Waals surface area contributed by atoms with Crippen LogP contribution in [0.25, 0.3) is 0 Å². The average Bonchev–Trinajstić information content (AvgIpc) is 2.79. The van der Waals surface area contributed by atoms with Crippen LogP contribution in [0.3, 0.4) is 0 Å². The van der Waals surface area contributed by atoms with Gasteiger partial charge in [-0.3, -0.25) is 14.5 Å². The number of amides is 2. The lowest BCUT2D eigenvalue weighted by atomic mass is 10.1. The van der Waals surface area contributed by atoms with Crippen molar-refractivity contribution in [3.05, 3.63) is 53.2 Å². The molecule has 7 nitrogen and oxygen atoms in total. The highest BCUT2D eigenvalue weighted by Gasteiger charge is 2.28. The number of para-hydroxylation sites is 1. The highest BCUT2D eigenvalue weighted by Crippen LogP contribution is 2.18. The Labute approximate surface area is 189 Å². The molecule has 2 heterocycles. The monoisotopic (exact) mass is 443 g/mol. The molecular weight excluding hydrogens is 414 g/mol. The number of likely N-dealkylation sites (N-methyl/N-ethyl adjacent to an activating group) is 1. The van der Waals surface area contributed by atoms with E-state index in [0.29, 0.717) is 5.02 Å². The van der Waals surface area contributed by atoms with Crippen molar-refractivity contribution in [1.29, 1.82) is 0 Å². The number of benzene rings is 1. The zero-order valence-corrected chi connectivity index (χ0v) is 19.1. The van der Waals surface area contributed by atoms with Gasteiger partial charge >= 0.3 is 0 Å². The third-order valence-electron chi connectivity index (χ3n) is 5.68. The van der Waals surface area contributed by atoms with Gasteiger partial charge in [0.15, 0.2) is 0 Å². The van der Waals surface area contributed by atoms with E-state index < -0.39 is 0 Å². The molecule has 0 radical (unpaired) electrons. The van der Waals surface area contributed by atoms with Gasteiger partial charge in [0.05, 0.1) is 17.6 Å². The van der Waals surface area contributed by atoms with Crippen molar-refractivity contribution in [2.24, 2.45) is 0 Å². The molecule has 2 amide bonds. The molecule has 31 heavy (non-hydrogen) atoms. The molecule has 1 N–H and O–H groups in total. The fourth-order valence-electron chi connectivity index (χ4n) is 3.80. The number of aromatic nitrogens is 1. The summed E-state index contributed by atoms with van der Waals surface area (Å²) in [6, 6.07) is 11.2. The second-order valence-electron chi connectivity index (χ2n) is 7.79. The largest absolute Gasteiger partial charge is 0.354 e. The zero-order chi connectivity index (χ0) is 22.4. The fraction of sp³-hybridized carbons (Fsp3) is 0.435. The third kappa shape index (κ3) is 5.95. The molecule has 166 valence electrons. The van der Waals surface area contributed by atoms with Gasteiger partial charge in [0.25, 0.3) is 0 Å². The number of nitrogens with zero attached hydrogens (tertiary/aromatic N) is 4. The molecule has 1 aromatic heterocycles. The summed E-state index contributed by atoms with van der Waals surface area (Å²) in [7, 11) is 1.68. The van der Waals surface area contributed by atoms with Gasteiger partial charge in [-0.1, -0.05) is 36.7 Å². The number of hydrogen-bond donors (Lipinski definition) is 1. The Kier molecular flexibility index (Phi) is 7.87. The molecule has 0 aliphatic carbocycles. The van der Waals surface area contributed by atoms with Gasteiger partial charge in [-0.2, -0.15) is 0 Å². The molecule has 1 saturated heterocycles. The Morgan fingerprint density at radius 3 is 2.52 bits per heavy atom. The van der Waals surface area contributed by atoms with E-state index in [1.54, 1.807) is 13.2 Å². The Bertz CT molecular complexity index is 897. The molecule has 1 fully saturated rings. The van der Waals surface area contributed by atoms with E-state index in [9.17, 15) is 9.59 Å². The van der Waals surface area contributed by atoms with Crippen molar-refractivity contribution in [1.82, 2.24) is 14.8 Å². The standard InChI is InChI=1S/C23H30ClN5O2/c1-4-18-7-5-6-8-20(18)26-22(30)16-27(3)23(31)17(2)28-11-13-29(14-12-28)21-10-9-19(24)15-25-21/h5-10,15,17H,4,11-14,16H2,1-3H3,(H,26,30). The Balaban J connectivity index is 1.50. The van der Waals surface area contributed by atoms with Crippen molar-refractivity contribution < 1.29 is 9.59 Å². The van der Waals surface area contributed by atoms with E-state index >= 15 is 0 Å². The van der Waals surface area contributed by atoms with Crippen LogP contribution in [0.15, 0.2) is 42.6 Å². The summed E-state index contributed by atoms with van der Waals surface area (Å²) in [5, 5.41) is 3.54. The van der Waals surface area contributed by atoms with Crippen LogP contribution in [0, 0.1) is 0 Å². The first kappa shape index (κ1) is 23.0. The molecule has 0 spiro atoms. The number of hydrogen-bond acceptors (Lipinski definition) is 5. The number of carbonyl (C=O) groups excluding carboxylic acids is 2. The summed E-state index contributed by atoms with van der Waals surface area (Å²) < 4.78 is 0. The molecule has 8 heteroatoms. The van der Waals surface area contributed by atoms with Crippen molar-refractivity contribution in [3.63, 3.8) is 0 Å². The number of nitrogens with one attached hydrogen (secondary N) is 1. The number of carbonyl (C=O) groups is 2. The molecule has 3 rings (SSSR count). The van der Waals surface area contributed by atoms with E-state index in [1.165, 1.54) is 4.90 Å². The minimum absolute atomic E-state index is 0.0237. The summed E-state index contributed by atoms with van der Waals surface area (Å²) >= 11 is 5.92. The predicted molar refractivity (Wildman–Crippen MR) is 125 cm³/mol. The number of rotatable bonds is 7. The number of piperazine rings is 1. The van der Waals surface area contributed by atoms with E-state index in [4.69, 9.17) is 11.6 Å². The van der Waals surface area contributed by atoms with Gasteiger partial charge in [0.1, 0.15) is 5.82 Å². The highest BCUT2D eigenvalue weighted by molar-refractivity contribution is 6.30. The number of halogens is 1. The zero-order valence-electron chi connectivity index (χ0n) is 18.3. The van der Waals surface area contributed by atoms with Crippen LogP contribution in [-0.2, 0) is 16.0 Å². The van der Waals surface area contributed by atoms with E-state index in [2.05, 4.69) is 20.1 Å². The lowest BCUT2D eigenvalue weighted by Gasteiger charge is -2.38. The maximum absolute atomic E-state index is 12.9. The van der Waals surface area contributed by atoms with Gasteiger partial charge in [-0.15, -0.1) is 0 Å². The van der Waals surface area contributed by atoms with E-state index in [0.717, 1.165) is 49.7 Å². The third-order valence-corrected chi connectivity index (χ3v) is 5.91. The molecule has 0 saturated carbocycles. The minimum Gasteiger partial charge on any atom is -0.354 e. The SMILES string of the molecule is CCc1ccccc1NC(=O)CN(C)C(=O)C(C)N1CCN(c2ccc(Cl)cn2)CC1. The van der Waals surface area contributed by atoms with E-state index in [1.807, 2.05) is 50.2 Å². The van der Waals surface area contributed by atoms with Crippen LogP contribution in [0.2, 0.25) is 5.02 Å². The molecule has 1 aliphatic heterocycles. The van der Waals surface area contributed by atoms with Gasteiger partial charge in [-0.05, 0) is 37.1 Å². The van der Waals surface area contributed by atoms with Gasteiger partial charge in [-0.25, -0.2) is 4.98 Å². The van der Waals surface area contributed by atoms with Crippen LogP contribution in [0.1, 0.15) is 19.4 Å². The number of aryl methyl sites for hydroxylation is 1. The van der Waals surface area contributed by atoms with Crippen LogP contribution < -0.4 is 10.2 Å². The normalized spacial score (nSPS) is 15.4. The van der Waals surface area contributed by atoms with Gasteiger partial charge in [0, 0.05) is 45.1 Å². The topological polar surface area (TPSA) is 68.8 Å². The Morgan fingerprint density at radius 1 is 1.16 bits per heavy atom. The summed E-state index contributed by atoms with van der Waals surface area (Å²) in [5.41, 5.74) is 1.88. The molecule has 1 unspecified atom stereocenters. The maximum atomic E-state index is 12.9. The smallest absolute Gasteiger partial charge is 0.243 e. The first-order valence-electron chi connectivity index (χ1n) is 10.6. The summed E-state index contributed by atoms with van der Waals surface area (Å²) in [6.45, 7) is 7.04. The van der Waals surface area contributed by atoms with Crippen LogP contribution in [0.4, 0.5) is 11.5 Å². The number of anilines is 2. The average molecular weight is 444 g/mol. The molecule has 1 atom stereocenters. The van der Waals surface area contributed by atoms with Crippen molar-refractivity contribution in [2.75, 3.05) is 50.0 Å². The molecule has 1 aliphatic rings. The second-order valence-corrected chi connectivity index (χ2v) is 8.22. The highest BCUT2D eigenvalue weighted by atomic mass is 35.5. The molecular formula is C23H30ClN5O2. The Hall–Kier alpha value is -2.64. The summed E-state index contributed by atoms with van der Waals surface area (Å²) in [4.78, 5) is 35.6. The van der Waals surface area contributed by atoms with Gasteiger partial charge < -0.3 is 15.1 Å². The van der Waals surface area contributed by atoms with Crippen LogP contribution >= 0.6 is 11.6 Å². The van der Waals surface area contributed by atoms with Crippen LogP contribution in [-0.4, -0.2) is 72.4 Å². The predicted octanol–water partition coefficient (Wildman–Crippen LogP) is 2.91. The maximum Gasteiger partial charge on any atom is 0.243 e. The molecule has 0 bridgehead atoms. The van der Waals surface area contributed by atoms with Crippen molar-refractivity contribution in [2.45, 2.75) is 26.3 Å². The number of pyridine rings is 1. The second kappa shape index (κ2) is 10.6. The Morgan fingerprint density at radius 2 is 1.87 bits per heavy atom. The summed E-state index contributed by atoms with van der Waals surface area (Å²) in [5.74, 6) is 0.642. The first-order chi connectivity index (χ1) is 14.9. The van der Waals surface area contributed by atoms with Gasteiger partial charge in [0.2, 0.25) is 11.8 Å². The molecule has 1 aromatic carbocycles. The minimum atomic E-state index is -0.291.